The average molecular weight is 341 g/mol. The van der Waals surface area contributed by atoms with Crippen molar-refractivity contribution in [3.05, 3.63) is 33.8 Å². The van der Waals surface area contributed by atoms with Crippen LogP contribution in [0.4, 0.5) is 0 Å². The molecular formula is C15H21BrN2O2. The van der Waals surface area contributed by atoms with E-state index in [0.717, 1.165) is 54.9 Å². The first kappa shape index (κ1) is 15.5. The van der Waals surface area contributed by atoms with Crippen molar-refractivity contribution < 1.29 is 9.53 Å². The molecule has 1 aromatic carbocycles. The van der Waals surface area contributed by atoms with E-state index in [0.29, 0.717) is 6.54 Å². The van der Waals surface area contributed by atoms with Crippen LogP contribution in [-0.2, 0) is 4.74 Å². The van der Waals surface area contributed by atoms with Crippen LogP contribution >= 0.6 is 15.9 Å². The molecule has 20 heavy (non-hydrogen) atoms. The maximum atomic E-state index is 12.1. The normalized spacial score (nSPS) is 16.1. The Kier molecular flexibility index (Phi) is 6.01. The minimum absolute atomic E-state index is 0.00535. The summed E-state index contributed by atoms with van der Waals surface area (Å²) in [5, 5.41) is 2.99. The van der Waals surface area contributed by atoms with Crippen LogP contribution in [0, 0.1) is 6.92 Å². The van der Waals surface area contributed by atoms with E-state index in [1.54, 1.807) is 0 Å². The van der Waals surface area contributed by atoms with Gasteiger partial charge < -0.3 is 10.1 Å². The van der Waals surface area contributed by atoms with E-state index >= 15 is 0 Å². The number of halogens is 1. The van der Waals surface area contributed by atoms with Crippen LogP contribution in [-0.4, -0.2) is 50.2 Å². The number of carbonyl (C=O) groups is 1. The molecule has 0 radical (unpaired) electrons. The zero-order chi connectivity index (χ0) is 14.4. The van der Waals surface area contributed by atoms with Crippen LogP contribution in [0.15, 0.2) is 22.7 Å². The van der Waals surface area contributed by atoms with Gasteiger partial charge in [-0.2, -0.15) is 0 Å². The Balaban J connectivity index is 1.73. The molecule has 1 fully saturated rings. The maximum absolute atomic E-state index is 12.1. The molecule has 1 heterocycles. The predicted molar refractivity (Wildman–Crippen MR) is 83.1 cm³/mol. The highest BCUT2D eigenvalue weighted by Gasteiger charge is 2.11. The molecule has 0 unspecified atom stereocenters. The Morgan fingerprint density at radius 1 is 1.40 bits per heavy atom. The Hall–Kier alpha value is -0.910. The fraction of sp³-hybridized carbons (Fsp3) is 0.533. The predicted octanol–water partition coefficient (Wildman–Crippen LogP) is 2.21. The SMILES string of the molecule is Cc1ccc(Br)cc1C(=O)NCCCN1CCOCC1. The molecular weight excluding hydrogens is 320 g/mol. The first-order valence-electron chi connectivity index (χ1n) is 7.01. The van der Waals surface area contributed by atoms with Gasteiger partial charge in [0.05, 0.1) is 13.2 Å². The van der Waals surface area contributed by atoms with E-state index in [4.69, 9.17) is 4.74 Å². The molecule has 1 aliphatic heterocycles. The number of aryl methyl sites for hydroxylation is 1. The van der Waals surface area contributed by atoms with Gasteiger partial charge in [-0.25, -0.2) is 0 Å². The standard InChI is InChI=1S/C15H21BrN2O2/c1-12-3-4-13(16)11-14(12)15(19)17-5-2-6-18-7-9-20-10-8-18/h3-4,11H,2,5-10H2,1H3,(H,17,19). The number of carbonyl (C=O) groups excluding carboxylic acids is 1. The van der Waals surface area contributed by atoms with E-state index in [1.807, 2.05) is 25.1 Å². The molecule has 1 aliphatic rings. The monoisotopic (exact) mass is 340 g/mol. The molecule has 4 nitrogen and oxygen atoms in total. The molecule has 110 valence electrons. The summed E-state index contributed by atoms with van der Waals surface area (Å²) < 4.78 is 6.24. The minimum Gasteiger partial charge on any atom is -0.379 e. The van der Waals surface area contributed by atoms with Gasteiger partial charge in [0.25, 0.3) is 5.91 Å². The summed E-state index contributed by atoms with van der Waals surface area (Å²) in [5.41, 5.74) is 1.74. The lowest BCUT2D eigenvalue weighted by Gasteiger charge is -2.26. The lowest BCUT2D eigenvalue weighted by atomic mass is 10.1. The average Bonchev–Trinajstić information content (AvgIpc) is 2.47. The largest absolute Gasteiger partial charge is 0.379 e. The number of nitrogens with zero attached hydrogens (tertiary/aromatic N) is 1. The first-order valence-corrected chi connectivity index (χ1v) is 7.80. The lowest BCUT2D eigenvalue weighted by Crippen LogP contribution is -2.38. The molecule has 0 spiro atoms. The molecule has 0 aromatic heterocycles. The summed E-state index contributed by atoms with van der Waals surface area (Å²) >= 11 is 3.40. The fourth-order valence-electron chi connectivity index (χ4n) is 2.26. The third-order valence-electron chi connectivity index (χ3n) is 3.48. The molecule has 0 bridgehead atoms. The number of hydrogen-bond acceptors (Lipinski definition) is 3. The van der Waals surface area contributed by atoms with E-state index in [1.165, 1.54) is 0 Å². The van der Waals surface area contributed by atoms with Gasteiger partial charge in [0.2, 0.25) is 0 Å². The molecule has 0 saturated carbocycles. The van der Waals surface area contributed by atoms with Crippen LogP contribution in [0.1, 0.15) is 22.3 Å². The van der Waals surface area contributed by atoms with Crippen molar-refractivity contribution in [1.29, 1.82) is 0 Å². The van der Waals surface area contributed by atoms with Gasteiger partial charge >= 0.3 is 0 Å². The quantitative estimate of drug-likeness (QED) is 0.835. The second-order valence-corrected chi connectivity index (χ2v) is 5.94. The lowest BCUT2D eigenvalue weighted by molar-refractivity contribution is 0.0374. The zero-order valence-electron chi connectivity index (χ0n) is 11.8. The number of amides is 1. The van der Waals surface area contributed by atoms with Gasteiger partial charge in [-0.1, -0.05) is 22.0 Å². The number of ether oxygens (including phenoxy) is 1. The molecule has 0 aliphatic carbocycles. The van der Waals surface area contributed by atoms with Crippen molar-refractivity contribution in [1.82, 2.24) is 10.2 Å². The van der Waals surface area contributed by atoms with Crippen molar-refractivity contribution in [2.45, 2.75) is 13.3 Å². The molecule has 1 N–H and O–H groups in total. The van der Waals surface area contributed by atoms with Crippen LogP contribution in [0.2, 0.25) is 0 Å². The fourth-order valence-corrected chi connectivity index (χ4v) is 2.62. The molecule has 1 aromatic rings. The van der Waals surface area contributed by atoms with Gasteiger partial charge in [-0.05, 0) is 37.6 Å². The molecule has 0 atom stereocenters. The van der Waals surface area contributed by atoms with Gasteiger partial charge in [0.1, 0.15) is 0 Å². The number of morpholine rings is 1. The number of benzene rings is 1. The smallest absolute Gasteiger partial charge is 0.251 e. The Bertz CT molecular complexity index is 459. The first-order chi connectivity index (χ1) is 9.66. The second-order valence-electron chi connectivity index (χ2n) is 5.02. The van der Waals surface area contributed by atoms with Gasteiger partial charge in [-0.15, -0.1) is 0 Å². The van der Waals surface area contributed by atoms with Crippen LogP contribution in [0.5, 0.6) is 0 Å². The third kappa shape index (κ3) is 4.58. The summed E-state index contributed by atoms with van der Waals surface area (Å²) in [6, 6.07) is 5.77. The molecule has 5 heteroatoms. The highest BCUT2D eigenvalue weighted by atomic mass is 79.9. The highest BCUT2D eigenvalue weighted by molar-refractivity contribution is 9.10. The van der Waals surface area contributed by atoms with Crippen molar-refractivity contribution >= 4 is 21.8 Å². The van der Waals surface area contributed by atoms with Crippen molar-refractivity contribution in [2.75, 3.05) is 39.4 Å². The van der Waals surface area contributed by atoms with Gasteiger partial charge in [0.15, 0.2) is 0 Å². The number of hydrogen-bond donors (Lipinski definition) is 1. The molecule has 1 saturated heterocycles. The Labute approximate surface area is 128 Å². The topological polar surface area (TPSA) is 41.6 Å². The second kappa shape index (κ2) is 7.76. The Morgan fingerprint density at radius 3 is 2.90 bits per heavy atom. The third-order valence-corrected chi connectivity index (χ3v) is 3.98. The summed E-state index contributed by atoms with van der Waals surface area (Å²) in [5.74, 6) is 0.00535. The summed E-state index contributed by atoms with van der Waals surface area (Å²) in [6.45, 7) is 7.32. The molecule has 1 amide bonds. The van der Waals surface area contributed by atoms with E-state index in [9.17, 15) is 4.79 Å². The van der Waals surface area contributed by atoms with E-state index in [2.05, 4.69) is 26.1 Å². The van der Waals surface area contributed by atoms with Crippen LogP contribution < -0.4 is 5.32 Å². The van der Waals surface area contributed by atoms with Crippen molar-refractivity contribution in [2.24, 2.45) is 0 Å². The summed E-state index contributed by atoms with van der Waals surface area (Å²) in [6.07, 6.45) is 0.971. The maximum Gasteiger partial charge on any atom is 0.251 e. The summed E-state index contributed by atoms with van der Waals surface area (Å²) in [4.78, 5) is 14.5. The zero-order valence-corrected chi connectivity index (χ0v) is 13.4. The van der Waals surface area contributed by atoms with Crippen molar-refractivity contribution in [3.63, 3.8) is 0 Å². The van der Waals surface area contributed by atoms with Gasteiger partial charge in [-0.3, -0.25) is 9.69 Å². The number of rotatable bonds is 5. The van der Waals surface area contributed by atoms with Crippen LogP contribution in [0.3, 0.4) is 0 Å². The Morgan fingerprint density at radius 2 is 2.15 bits per heavy atom. The van der Waals surface area contributed by atoms with Crippen molar-refractivity contribution in [3.8, 4) is 0 Å². The van der Waals surface area contributed by atoms with Gasteiger partial charge in [0, 0.05) is 29.7 Å². The summed E-state index contributed by atoms with van der Waals surface area (Å²) in [7, 11) is 0. The van der Waals surface area contributed by atoms with E-state index < -0.39 is 0 Å². The number of nitrogens with one attached hydrogen (secondary N) is 1. The van der Waals surface area contributed by atoms with Crippen LogP contribution in [0.25, 0.3) is 0 Å². The minimum atomic E-state index is 0.00535. The molecule has 2 rings (SSSR count). The highest BCUT2D eigenvalue weighted by Crippen LogP contribution is 2.15. The van der Waals surface area contributed by atoms with E-state index in [-0.39, 0.29) is 5.91 Å².